The summed E-state index contributed by atoms with van der Waals surface area (Å²) in [4.78, 5) is 17.3. The Labute approximate surface area is 163 Å². The number of H-pyrrole nitrogens is 1. The van der Waals surface area contributed by atoms with E-state index < -0.39 is 0 Å². The predicted molar refractivity (Wildman–Crippen MR) is 108 cm³/mol. The maximum Gasteiger partial charge on any atom is 0.277 e. The molecule has 2 N–H and O–H groups in total. The van der Waals surface area contributed by atoms with Crippen LogP contribution in [0.15, 0.2) is 28.7 Å². The van der Waals surface area contributed by atoms with Crippen molar-refractivity contribution in [3.8, 4) is 0 Å². The molecule has 0 unspecified atom stereocenters. The number of aromatic amines is 1. The Morgan fingerprint density at radius 3 is 2.46 bits per heavy atom. The van der Waals surface area contributed by atoms with Crippen molar-refractivity contribution in [2.45, 2.75) is 26.3 Å². The van der Waals surface area contributed by atoms with Crippen molar-refractivity contribution in [2.24, 2.45) is 0 Å². The number of hydrogen-bond donors (Lipinski definition) is 2. The van der Waals surface area contributed by atoms with Gasteiger partial charge in [0.25, 0.3) is 5.91 Å². The van der Waals surface area contributed by atoms with Gasteiger partial charge in [-0.1, -0.05) is 26.0 Å². The van der Waals surface area contributed by atoms with Crippen LogP contribution in [0.4, 0.5) is 5.69 Å². The maximum atomic E-state index is 12.5. The van der Waals surface area contributed by atoms with Crippen LogP contribution in [0.25, 0.3) is 0 Å². The number of hydrogen-bond acceptors (Lipinski definition) is 4. The highest BCUT2D eigenvalue weighted by Gasteiger charge is 2.19. The summed E-state index contributed by atoms with van der Waals surface area (Å²) < 4.78 is 0.733. The molecule has 1 aliphatic rings. The lowest BCUT2D eigenvalue weighted by Crippen LogP contribution is -2.43. The highest BCUT2D eigenvalue weighted by molar-refractivity contribution is 9.10. The Kier molecular flexibility index (Phi) is 6.11. The van der Waals surface area contributed by atoms with Gasteiger partial charge in [0.05, 0.1) is 10.2 Å². The highest BCUT2D eigenvalue weighted by Crippen LogP contribution is 2.26. The third-order valence-corrected chi connectivity index (χ3v) is 5.54. The summed E-state index contributed by atoms with van der Waals surface area (Å²) in [5, 5.41) is 9.99. The van der Waals surface area contributed by atoms with Crippen LogP contribution in [-0.2, 0) is 6.54 Å². The van der Waals surface area contributed by atoms with Gasteiger partial charge >= 0.3 is 0 Å². The molecule has 1 aromatic carbocycles. The monoisotopic (exact) mass is 419 g/mol. The molecule has 1 amide bonds. The Bertz CT molecular complexity index is 748. The number of piperazine rings is 1. The molecule has 26 heavy (non-hydrogen) atoms. The third kappa shape index (κ3) is 4.52. The van der Waals surface area contributed by atoms with Crippen LogP contribution in [0.5, 0.6) is 0 Å². The number of carbonyl (C=O) groups excluding carboxylic acids is 1. The van der Waals surface area contributed by atoms with Crippen LogP contribution in [-0.4, -0.2) is 59.1 Å². The van der Waals surface area contributed by atoms with Gasteiger partial charge in [-0.3, -0.25) is 14.8 Å². The molecular weight excluding hydrogens is 394 g/mol. The molecule has 7 heteroatoms. The smallest absolute Gasteiger partial charge is 0.277 e. The van der Waals surface area contributed by atoms with Gasteiger partial charge in [-0.2, -0.15) is 5.10 Å². The van der Waals surface area contributed by atoms with Crippen LogP contribution >= 0.6 is 15.9 Å². The molecule has 0 atom stereocenters. The summed E-state index contributed by atoms with van der Waals surface area (Å²) in [6.45, 7) is 9.49. The molecule has 1 fully saturated rings. The summed E-state index contributed by atoms with van der Waals surface area (Å²) in [5.41, 5.74) is 3.35. The van der Waals surface area contributed by atoms with Crippen molar-refractivity contribution >= 4 is 27.5 Å². The highest BCUT2D eigenvalue weighted by atomic mass is 79.9. The van der Waals surface area contributed by atoms with Crippen molar-refractivity contribution in [3.63, 3.8) is 0 Å². The lowest BCUT2D eigenvalue weighted by molar-refractivity contribution is 0.102. The fourth-order valence-electron chi connectivity index (χ4n) is 3.02. The topological polar surface area (TPSA) is 64.3 Å². The molecule has 1 aliphatic heterocycles. The number of anilines is 1. The Morgan fingerprint density at radius 2 is 1.88 bits per heavy atom. The van der Waals surface area contributed by atoms with Crippen molar-refractivity contribution in [1.82, 2.24) is 20.0 Å². The van der Waals surface area contributed by atoms with Crippen LogP contribution in [0.1, 0.15) is 41.5 Å². The van der Waals surface area contributed by atoms with E-state index in [9.17, 15) is 4.79 Å². The molecule has 2 aromatic rings. The summed E-state index contributed by atoms with van der Waals surface area (Å²) >= 11 is 3.47. The SMILES string of the molecule is CC(C)c1[nH]nc(C(=O)Nc2ccc(CN3CCN(C)CC3)cc2)c1Br. The first kappa shape index (κ1) is 19.1. The average Bonchev–Trinajstić information content (AvgIpc) is 3.00. The zero-order valence-electron chi connectivity index (χ0n) is 15.6. The molecule has 2 heterocycles. The van der Waals surface area contributed by atoms with E-state index in [2.05, 4.69) is 74.3 Å². The molecule has 0 spiro atoms. The summed E-state index contributed by atoms with van der Waals surface area (Å²) in [6, 6.07) is 8.06. The number of halogens is 1. The van der Waals surface area contributed by atoms with Gasteiger partial charge in [0.2, 0.25) is 0 Å². The summed E-state index contributed by atoms with van der Waals surface area (Å²) in [7, 11) is 2.16. The standard InChI is InChI=1S/C19H26BrN5O/c1-13(2)17-16(20)18(23-22-17)19(26)21-15-6-4-14(5-7-15)12-25-10-8-24(3)9-11-25/h4-7,13H,8-12H2,1-3H3,(H,21,26)(H,22,23). The van der Waals surface area contributed by atoms with Crippen LogP contribution in [0.2, 0.25) is 0 Å². The summed E-state index contributed by atoms with van der Waals surface area (Å²) in [5.74, 6) is 0.0547. The number of nitrogens with one attached hydrogen (secondary N) is 2. The predicted octanol–water partition coefficient (Wildman–Crippen LogP) is 3.30. The molecule has 0 radical (unpaired) electrons. The third-order valence-electron chi connectivity index (χ3n) is 4.74. The van der Waals surface area contributed by atoms with E-state index in [1.165, 1.54) is 5.56 Å². The fourth-order valence-corrected chi connectivity index (χ4v) is 3.84. The van der Waals surface area contributed by atoms with Crippen LogP contribution < -0.4 is 5.32 Å². The van der Waals surface area contributed by atoms with E-state index >= 15 is 0 Å². The zero-order chi connectivity index (χ0) is 18.7. The number of carbonyl (C=O) groups is 1. The second kappa shape index (κ2) is 8.33. The van der Waals surface area contributed by atoms with Crippen LogP contribution in [0, 0.1) is 0 Å². The van der Waals surface area contributed by atoms with Gasteiger partial charge in [0.15, 0.2) is 5.69 Å². The second-order valence-electron chi connectivity index (χ2n) is 7.19. The van der Waals surface area contributed by atoms with Gasteiger partial charge in [-0.15, -0.1) is 0 Å². The first-order valence-electron chi connectivity index (χ1n) is 8.99. The molecule has 3 rings (SSSR count). The molecular formula is C19H26BrN5O. The summed E-state index contributed by atoms with van der Waals surface area (Å²) in [6.07, 6.45) is 0. The van der Waals surface area contributed by atoms with Gasteiger partial charge < -0.3 is 10.2 Å². The first-order chi connectivity index (χ1) is 12.4. The van der Waals surface area contributed by atoms with Crippen molar-refractivity contribution < 1.29 is 4.79 Å². The number of nitrogens with zero attached hydrogens (tertiary/aromatic N) is 3. The van der Waals surface area contributed by atoms with Gasteiger partial charge in [0, 0.05) is 38.4 Å². The number of amides is 1. The molecule has 0 saturated carbocycles. The van der Waals surface area contributed by atoms with Gasteiger partial charge in [0.1, 0.15) is 0 Å². The molecule has 0 bridgehead atoms. The largest absolute Gasteiger partial charge is 0.321 e. The molecule has 0 aliphatic carbocycles. The van der Waals surface area contributed by atoms with E-state index in [0.29, 0.717) is 5.69 Å². The lowest BCUT2D eigenvalue weighted by atomic mass is 10.1. The minimum atomic E-state index is -0.216. The van der Waals surface area contributed by atoms with E-state index in [1.54, 1.807) is 0 Å². The fraction of sp³-hybridized carbons (Fsp3) is 0.474. The quantitative estimate of drug-likeness (QED) is 0.779. The second-order valence-corrected chi connectivity index (χ2v) is 7.98. The van der Waals surface area contributed by atoms with Crippen molar-refractivity contribution in [2.75, 3.05) is 38.5 Å². The van der Waals surface area contributed by atoms with Crippen molar-refractivity contribution in [3.05, 3.63) is 45.7 Å². The maximum absolute atomic E-state index is 12.5. The Morgan fingerprint density at radius 1 is 1.23 bits per heavy atom. The molecule has 140 valence electrons. The van der Waals surface area contributed by atoms with E-state index in [0.717, 1.165) is 48.6 Å². The molecule has 1 saturated heterocycles. The number of aromatic nitrogens is 2. The van der Waals surface area contributed by atoms with Crippen molar-refractivity contribution in [1.29, 1.82) is 0 Å². The van der Waals surface area contributed by atoms with Crippen LogP contribution in [0.3, 0.4) is 0 Å². The normalized spacial score (nSPS) is 16.2. The Hall–Kier alpha value is -1.70. The minimum Gasteiger partial charge on any atom is -0.321 e. The van der Waals surface area contributed by atoms with Gasteiger partial charge in [-0.25, -0.2) is 0 Å². The number of benzene rings is 1. The average molecular weight is 420 g/mol. The van der Waals surface area contributed by atoms with E-state index in [4.69, 9.17) is 0 Å². The minimum absolute atomic E-state index is 0.216. The first-order valence-corrected chi connectivity index (χ1v) is 9.78. The van der Waals surface area contributed by atoms with Gasteiger partial charge in [-0.05, 0) is 46.6 Å². The zero-order valence-corrected chi connectivity index (χ0v) is 17.1. The number of rotatable bonds is 5. The van der Waals surface area contributed by atoms with E-state index in [-0.39, 0.29) is 11.8 Å². The molecule has 1 aromatic heterocycles. The number of likely N-dealkylation sites (N-methyl/N-ethyl adjacent to an activating group) is 1. The lowest BCUT2D eigenvalue weighted by Gasteiger charge is -2.32. The van der Waals surface area contributed by atoms with E-state index in [1.807, 2.05) is 12.1 Å². The molecule has 6 nitrogen and oxygen atoms in total. The Balaban J connectivity index is 1.59.